The van der Waals surface area contributed by atoms with E-state index in [2.05, 4.69) is 20.9 Å². The molecule has 2 unspecified atom stereocenters. The summed E-state index contributed by atoms with van der Waals surface area (Å²) in [4.78, 5) is 13.5. The maximum atomic E-state index is 10.1. The molecule has 2 atom stereocenters. The smallest absolute Gasteiger partial charge is 0.240 e. The van der Waals surface area contributed by atoms with Crippen LogP contribution in [0.5, 0.6) is 0 Å². The maximum absolute atomic E-state index is 10.1. The van der Waals surface area contributed by atoms with Gasteiger partial charge in [0.05, 0.1) is 11.8 Å². The standard InChI is InChI=1S/C11H12BrNO3/c12-5-4-10(15)11(16)8-2-1-3-9(6-8)13-7-14/h1-3,6,10-11,15-16H,4-5H2. The largest absolute Gasteiger partial charge is 0.390 e. The fraction of sp³-hybridized carbons (Fsp3) is 0.364. The van der Waals surface area contributed by atoms with Crippen molar-refractivity contribution in [2.24, 2.45) is 4.99 Å². The molecule has 4 nitrogen and oxygen atoms in total. The molecule has 0 aliphatic carbocycles. The van der Waals surface area contributed by atoms with Crippen LogP contribution in [0.2, 0.25) is 0 Å². The minimum absolute atomic E-state index is 0.414. The molecule has 0 saturated heterocycles. The van der Waals surface area contributed by atoms with Crippen molar-refractivity contribution in [2.45, 2.75) is 18.6 Å². The second-order valence-corrected chi connectivity index (χ2v) is 4.08. The van der Waals surface area contributed by atoms with Gasteiger partial charge in [0.15, 0.2) is 0 Å². The Labute approximate surface area is 102 Å². The number of aliphatic hydroxyl groups is 2. The van der Waals surface area contributed by atoms with Crippen LogP contribution in [0.15, 0.2) is 29.3 Å². The summed E-state index contributed by atoms with van der Waals surface area (Å²) in [6, 6.07) is 6.51. The molecule has 1 rings (SSSR count). The summed E-state index contributed by atoms with van der Waals surface area (Å²) in [5, 5.41) is 20.0. The lowest BCUT2D eigenvalue weighted by atomic mass is 10.0. The highest BCUT2D eigenvalue weighted by atomic mass is 79.9. The minimum Gasteiger partial charge on any atom is -0.390 e. The van der Waals surface area contributed by atoms with E-state index in [0.717, 1.165) is 0 Å². The lowest BCUT2D eigenvalue weighted by molar-refractivity contribution is 0.0174. The number of hydrogen-bond donors (Lipinski definition) is 2. The van der Waals surface area contributed by atoms with Gasteiger partial charge in [-0.25, -0.2) is 4.79 Å². The van der Waals surface area contributed by atoms with Crippen molar-refractivity contribution in [3.05, 3.63) is 29.8 Å². The third-order valence-corrected chi connectivity index (χ3v) is 2.61. The highest BCUT2D eigenvalue weighted by Crippen LogP contribution is 2.23. The van der Waals surface area contributed by atoms with Gasteiger partial charge in [-0.05, 0) is 24.1 Å². The van der Waals surface area contributed by atoms with E-state index in [1.54, 1.807) is 24.3 Å². The summed E-state index contributed by atoms with van der Waals surface area (Å²) in [6.07, 6.45) is 0.0637. The lowest BCUT2D eigenvalue weighted by Gasteiger charge is -2.17. The van der Waals surface area contributed by atoms with Gasteiger partial charge in [0.2, 0.25) is 6.08 Å². The van der Waals surface area contributed by atoms with Crippen LogP contribution in [0.25, 0.3) is 0 Å². The Morgan fingerprint density at radius 3 is 2.81 bits per heavy atom. The van der Waals surface area contributed by atoms with Gasteiger partial charge in [0, 0.05) is 5.33 Å². The van der Waals surface area contributed by atoms with Crippen LogP contribution in [0.3, 0.4) is 0 Å². The van der Waals surface area contributed by atoms with Crippen LogP contribution in [0.1, 0.15) is 18.1 Å². The molecule has 86 valence electrons. The number of aliphatic imine (C=N–C) groups is 1. The number of halogens is 1. The zero-order valence-electron chi connectivity index (χ0n) is 8.51. The van der Waals surface area contributed by atoms with Crippen molar-refractivity contribution in [1.82, 2.24) is 0 Å². The van der Waals surface area contributed by atoms with Crippen molar-refractivity contribution in [2.75, 3.05) is 5.33 Å². The molecule has 0 amide bonds. The molecule has 2 N–H and O–H groups in total. The molecule has 0 heterocycles. The molecular formula is C11H12BrNO3. The first-order valence-corrected chi connectivity index (χ1v) is 5.91. The number of hydrogen-bond acceptors (Lipinski definition) is 4. The second kappa shape index (κ2) is 6.55. The first kappa shape index (κ1) is 13.1. The minimum atomic E-state index is -0.973. The van der Waals surface area contributed by atoms with Crippen LogP contribution < -0.4 is 0 Å². The van der Waals surface area contributed by atoms with Crippen LogP contribution in [0, 0.1) is 0 Å². The number of alkyl halides is 1. The molecule has 1 aromatic rings. The molecule has 0 spiro atoms. The quantitative estimate of drug-likeness (QED) is 0.493. The molecule has 0 aliphatic rings. The third-order valence-electron chi connectivity index (χ3n) is 2.16. The predicted molar refractivity (Wildman–Crippen MR) is 63.6 cm³/mol. The molecule has 1 aromatic carbocycles. The molecular weight excluding hydrogens is 274 g/mol. The van der Waals surface area contributed by atoms with Gasteiger partial charge in [-0.15, -0.1) is 0 Å². The monoisotopic (exact) mass is 285 g/mol. The summed E-state index contributed by atoms with van der Waals surface area (Å²) in [5.74, 6) is 0. The highest BCUT2D eigenvalue weighted by molar-refractivity contribution is 9.09. The second-order valence-electron chi connectivity index (χ2n) is 3.29. The van der Waals surface area contributed by atoms with Crippen molar-refractivity contribution in [3.63, 3.8) is 0 Å². The van der Waals surface area contributed by atoms with E-state index in [1.807, 2.05) is 0 Å². The van der Waals surface area contributed by atoms with E-state index >= 15 is 0 Å². The van der Waals surface area contributed by atoms with E-state index in [9.17, 15) is 15.0 Å². The zero-order valence-corrected chi connectivity index (χ0v) is 10.1. The number of nitrogens with zero attached hydrogens (tertiary/aromatic N) is 1. The molecule has 0 aliphatic heterocycles. The van der Waals surface area contributed by atoms with Crippen molar-refractivity contribution >= 4 is 27.7 Å². The Morgan fingerprint density at radius 2 is 2.19 bits per heavy atom. The van der Waals surface area contributed by atoms with E-state index in [4.69, 9.17) is 0 Å². The molecule has 5 heteroatoms. The SMILES string of the molecule is O=C=Nc1cccc(C(O)C(O)CCBr)c1. The molecule has 0 saturated carbocycles. The Hall–Kier alpha value is -1.00. The molecule has 0 radical (unpaired) electrons. The molecule has 0 bridgehead atoms. The van der Waals surface area contributed by atoms with Crippen molar-refractivity contribution in [1.29, 1.82) is 0 Å². The topological polar surface area (TPSA) is 69.9 Å². The van der Waals surface area contributed by atoms with Gasteiger partial charge in [0.1, 0.15) is 6.10 Å². The van der Waals surface area contributed by atoms with E-state index in [0.29, 0.717) is 23.0 Å². The number of isocyanates is 1. The molecule has 16 heavy (non-hydrogen) atoms. The fourth-order valence-electron chi connectivity index (χ4n) is 1.32. The number of benzene rings is 1. The van der Waals surface area contributed by atoms with Crippen LogP contribution >= 0.6 is 15.9 Å². The van der Waals surface area contributed by atoms with E-state index < -0.39 is 12.2 Å². The van der Waals surface area contributed by atoms with Crippen LogP contribution in [-0.4, -0.2) is 27.7 Å². The predicted octanol–water partition coefficient (Wildman–Crippen LogP) is 1.83. The number of carbonyl (C=O) groups excluding carboxylic acids is 1. The Kier molecular flexibility index (Phi) is 5.35. The Balaban J connectivity index is 2.86. The average molecular weight is 286 g/mol. The van der Waals surface area contributed by atoms with Gasteiger partial charge in [-0.1, -0.05) is 28.1 Å². The maximum Gasteiger partial charge on any atom is 0.240 e. The number of aliphatic hydroxyl groups excluding tert-OH is 2. The van der Waals surface area contributed by atoms with Crippen LogP contribution in [0.4, 0.5) is 5.69 Å². The Morgan fingerprint density at radius 1 is 1.44 bits per heavy atom. The average Bonchev–Trinajstić information content (AvgIpc) is 2.29. The summed E-state index contributed by atoms with van der Waals surface area (Å²) >= 11 is 3.19. The first-order valence-electron chi connectivity index (χ1n) is 4.79. The summed E-state index contributed by atoms with van der Waals surface area (Å²) in [7, 11) is 0. The molecule has 0 aromatic heterocycles. The summed E-state index contributed by atoms with van der Waals surface area (Å²) in [5.41, 5.74) is 0.947. The fourth-order valence-corrected chi connectivity index (χ4v) is 1.79. The van der Waals surface area contributed by atoms with Gasteiger partial charge in [-0.3, -0.25) is 0 Å². The molecule has 0 fully saturated rings. The van der Waals surface area contributed by atoms with Gasteiger partial charge < -0.3 is 10.2 Å². The van der Waals surface area contributed by atoms with E-state index in [1.165, 1.54) is 6.08 Å². The Bertz CT molecular complexity index is 391. The zero-order chi connectivity index (χ0) is 12.0. The van der Waals surface area contributed by atoms with Crippen molar-refractivity contribution in [3.8, 4) is 0 Å². The van der Waals surface area contributed by atoms with Gasteiger partial charge >= 0.3 is 0 Å². The first-order chi connectivity index (χ1) is 7.69. The highest BCUT2D eigenvalue weighted by Gasteiger charge is 2.17. The third kappa shape index (κ3) is 3.54. The van der Waals surface area contributed by atoms with Crippen LogP contribution in [-0.2, 0) is 4.79 Å². The number of rotatable bonds is 5. The van der Waals surface area contributed by atoms with Crippen molar-refractivity contribution < 1.29 is 15.0 Å². The van der Waals surface area contributed by atoms with Gasteiger partial charge in [-0.2, -0.15) is 4.99 Å². The van der Waals surface area contributed by atoms with E-state index in [-0.39, 0.29) is 0 Å². The summed E-state index contributed by atoms with van der Waals surface area (Å²) in [6.45, 7) is 0. The normalized spacial score (nSPS) is 13.9. The lowest BCUT2D eigenvalue weighted by Crippen LogP contribution is -2.18. The van der Waals surface area contributed by atoms with Gasteiger partial charge in [0.25, 0.3) is 0 Å². The summed E-state index contributed by atoms with van der Waals surface area (Å²) < 4.78 is 0.